The number of hydrogen-bond donors (Lipinski definition) is 0. The first-order valence-electron chi connectivity index (χ1n) is 8.06. The molecule has 0 unspecified atom stereocenters. The van der Waals surface area contributed by atoms with Crippen molar-refractivity contribution >= 4 is 12.1 Å². The summed E-state index contributed by atoms with van der Waals surface area (Å²) in [5.41, 5.74) is 2.61. The lowest BCUT2D eigenvalue weighted by Gasteiger charge is -2.18. The minimum Gasteiger partial charge on any atom is -0.490 e. The summed E-state index contributed by atoms with van der Waals surface area (Å²) in [6.45, 7) is -0.661. The van der Waals surface area contributed by atoms with Crippen LogP contribution in [0.3, 0.4) is 0 Å². The second-order valence-corrected chi connectivity index (χ2v) is 5.57. The van der Waals surface area contributed by atoms with Crippen LogP contribution in [0, 0.1) is 0 Å². The standard InChI is InChI=1S/C19H17F2NO4/c1-3-8-25-16-13(6-7-15(17(16)24-2)26-19(20)21)11-4-5-14-12(9-11)10-22-18(14)23/h4-7,9-10,19H,3,8H2,1-2H3. The largest absolute Gasteiger partial charge is 0.490 e. The van der Waals surface area contributed by atoms with Gasteiger partial charge in [0.05, 0.1) is 19.3 Å². The lowest BCUT2D eigenvalue weighted by molar-refractivity contribution is -0.0513. The van der Waals surface area contributed by atoms with Crippen LogP contribution >= 0.6 is 0 Å². The van der Waals surface area contributed by atoms with Gasteiger partial charge in [-0.05, 0) is 36.2 Å². The van der Waals surface area contributed by atoms with E-state index in [2.05, 4.69) is 9.73 Å². The van der Waals surface area contributed by atoms with E-state index in [1.165, 1.54) is 19.4 Å². The van der Waals surface area contributed by atoms with Crippen LogP contribution in [0.5, 0.6) is 17.2 Å². The molecule has 1 aliphatic heterocycles. The number of alkyl halides is 2. The van der Waals surface area contributed by atoms with Crippen LogP contribution in [-0.4, -0.2) is 32.4 Å². The molecule has 1 heterocycles. The number of rotatable bonds is 7. The Bertz CT molecular complexity index is 865. The van der Waals surface area contributed by atoms with E-state index in [1.807, 2.05) is 6.92 Å². The smallest absolute Gasteiger partial charge is 0.387 e. The van der Waals surface area contributed by atoms with Crippen molar-refractivity contribution in [1.29, 1.82) is 0 Å². The fourth-order valence-electron chi connectivity index (χ4n) is 2.73. The van der Waals surface area contributed by atoms with Gasteiger partial charge >= 0.3 is 6.61 Å². The van der Waals surface area contributed by atoms with Crippen molar-refractivity contribution < 1.29 is 27.8 Å². The number of fused-ring (bicyclic) bond motifs is 1. The van der Waals surface area contributed by atoms with E-state index in [9.17, 15) is 13.6 Å². The van der Waals surface area contributed by atoms with Crippen molar-refractivity contribution in [3.05, 3.63) is 41.5 Å². The molecule has 2 aromatic carbocycles. The Labute approximate surface area is 149 Å². The molecule has 136 valence electrons. The topological polar surface area (TPSA) is 57.1 Å². The number of nitrogens with zero attached hydrogens (tertiary/aromatic N) is 1. The Hall–Kier alpha value is -2.96. The summed E-state index contributed by atoms with van der Waals surface area (Å²) in [7, 11) is 1.37. The van der Waals surface area contributed by atoms with Gasteiger partial charge < -0.3 is 14.2 Å². The molecule has 26 heavy (non-hydrogen) atoms. The predicted octanol–water partition coefficient (Wildman–Crippen LogP) is 4.33. The van der Waals surface area contributed by atoms with Crippen molar-refractivity contribution in [3.63, 3.8) is 0 Å². The molecule has 0 atom stereocenters. The molecule has 0 bridgehead atoms. The zero-order valence-corrected chi connectivity index (χ0v) is 14.3. The highest BCUT2D eigenvalue weighted by Crippen LogP contribution is 2.45. The number of methoxy groups -OCH3 is 1. The molecule has 7 heteroatoms. The normalized spacial score (nSPS) is 12.4. The van der Waals surface area contributed by atoms with Gasteiger partial charge in [-0.15, -0.1) is 0 Å². The van der Waals surface area contributed by atoms with Crippen molar-refractivity contribution in [1.82, 2.24) is 0 Å². The van der Waals surface area contributed by atoms with Crippen LogP contribution in [0.1, 0.15) is 29.3 Å². The van der Waals surface area contributed by atoms with Crippen LogP contribution in [0.15, 0.2) is 35.3 Å². The van der Waals surface area contributed by atoms with Gasteiger partial charge in [-0.3, -0.25) is 4.79 Å². The Balaban J connectivity index is 2.11. The highest BCUT2D eigenvalue weighted by Gasteiger charge is 2.22. The number of halogens is 2. The SMILES string of the molecule is CCCOc1c(-c2ccc3c(c2)C=NC3=O)ccc(OC(F)F)c1OC. The van der Waals surface area contributed by atoms with Crippen molar-refractivity contribution in [2.75, 3.05) is 13.7 Å². The first-order chi connectivity index (χ1) is 12.5. The van der Waals surface area contributed by atoms with Gasteiger partial charge in [0.25, 0.3) is 5.91 Å². The predicted molar refractivity (Wildman–Crippen MR) is 92.8 cm³/mol. The zero-order chi connectivity index (χ0) is 18.7. The number of benzene rings is 2. The van der Waals surface area contributed by atoms with E-state index < -0.39 is 6.61 Å². The molecule has 2 aromatic rings. The van der Waals surface area contributed by atoms with Gasteiger partial charge in [0.1, 0.15) is 0 Å². The molecule has 1 aliphatic rings. The first kappa shape index (κ1) is 17.8. The van der Waals surface area contributed by atoms with Crippen molar-refractivity contribution in [2.45, 2.75) is 20.0 Å². The first-order valence-corrected chi connectivity index (χ1v) is 8.06. The molecule has 1 amide bonds. The van der Waals surface area contributed by atoms with E-state index in [4.69, 9.17) is 9.47 Å². The van der Waals surface area contributed by atoms with Gasteiger partial charge in [-0.25, -0.2) is 4.99 Å². The highest BCUT2D eigenvalue weighted by atomic mass is 19.3. The average Bonchev–Trinajstić information content (AvgIpc) is 2.99. The zero-order valence-electron chi connectivity index (χ0n) is 14.3. The summed E-state index contributed by atoms with van der Waals surface area (Å²) in [6, 6.07) is 8.27. The molecule has 0 aliphatic carbocycles. The Morgan fingerprint density at radius 1 is 1.12 bits per heavy atom. The Morgan fingerprint density at radius 2 is 1.88 bits per heavy atom. The third-order valence-electron chi connectivity index (χ3n) is 3.86. The lowest BCUT2D eigenvalue weighted by Crippen LogP contribution is -2.06. The molecule has 5 nitrogen and oxygen atoms in total. The monoisotopic (exact) mass is 361 g/mol. The molecule has 0 radical (unpaired) electrons. The van der Waals surface area contributed by atoms with Crippen LogP contribution in [-0.2, 0) is 0 Å². The molecular weight excluding hydrogens is 344 g/mol. The van der Waals surface area contributed by atoms with Crippen molar-refractivity contribution in [2.24, 2.45) is 4.99 Å². The quantitative estimate of drug-likeness (QED) is 0.737. The minimum atomic E-state index is -2.98. The maximum absolute atomic E-state index is 12.7. The lowest BCUT2D eigenvalue weighted by atomic mass is 9.99. The molecule has 3 rings (SSSR count). The third kappa shape index (κ3) is 3.37. The highest BCUT2D eigenvalue weighted by molar-refractivity contribution is 6.13. The van der Waals surface area contributed by atoms with E-state index in [0.29, 0.717) is 29.0 Å². The molecule has 0 saturated carbocycles. The second-order valence-electron chi connectivity index (χ2n) is 5.57. The number of carbonyl (C=O) groups is 1. The fraction of sp³-hybridized carbons (Fsp3) is 0.263. The van der Waals surface area contributed by atoms with Crippen LogP contribution in [0.25, 0.3) is 11.1 Å². The van der Waals surface area contributed by atoms with E-state index in [1.54, 1.807) is 24.3 Å². The van der Waals surface area contributed by atoms with Crippen molar-refractivity contribution in [3.8, 4) is 28.4 Å². The summed E-state index contributed by atoms with van der Waals surface area (Å²) in [5.74, 6) is 0.0257. The summed E-state index contributed by atoms with van der Waals surface area (Å²) in [5, 5.41) is 0. The molecule has 0 aromatic heterocycles. The number of amides is 1. The number of hydrogen-bond acceptors (Lipinski definition) is 4. The number of carbonyl (C=O) groups excluding carboxylic acids is 1. The maximum Gasteiger partial charge on any atom is 0.387 e. The van der Waals surface area contributed by atoms with Crippen LogP contribution < -0.4 is 14.2 Å². The number of ether oxygens (including phenoxy) is 3. The van der Waals surface area contributed by atoms with E-state index in [-0.39, 0.29) is 17.4 Å². The van der Waals surface area contributed by atoms with Gasteiger partial charge in [-0.1, -0.05) is 13.0 Å². The van der Waals surface area contributed by atoms with E-state index >= 15 is 0 Å². The van der Waals surface area contributed by atoms with Gasteiger partial charge in [-0.2, -0.15) is 8.78 Å². The second kappa shape index (κ2) is 7.51. The molecular formula is C19H17F2NO4. The molecule has 0 saturated heterocycles. The molecule has 0 N–H and O–H groups in total. The summed E-state index contributed by atoms with van der Waals surface area (Å²) < 4.78 is 40.9. The van der Waals surface area contributed by atoms with E-state index in [0.717, 1.165) is 12.0 Å². The van der Waals surface area contributed by atoms with Crippen LogP contribution in [0.4, 0.5) is 8.78 Å². The van der Waals surface area contributed by atoms with Gasteiger partial charge in [0.15, 0.2) is 11.5 Å². The minimum absolute atomic E-state index is 0.0986. The van der Waals surface area contributed by atoms with Gasteiger partial charge in [0.2, 0.25) is 5.75 Å². The molecule has 0 fully saturated rings. The average molecular weight is 361 g/mol. The Morgan fingerprint density at radius 3 is 2.58 bits per heavy atom. The fourth-order valence-corrected chi connectivity index (χ4v) is 2.73. The summed E-state index contributed by atoms with van der Waals surface area (Å²) >= 11 is 0. The maximum atomic E-state index is 12.7. The Kier molecular flexibility index (Phi) is 5.16. The summed E-state index contributed by atoms with van der Waals surface area (Å²) in [4.78, 5) is 15.4. The number of aliphatic imine (C=N–C) groups is 1. The van der Waals surface area contributed by atoms with Gasteiger partial charge in [0, 0.05) is 17.3 Å². The third-order valence-corrected chi connectivity index (χ3v) is 3.86. The summed E-state index contributed by atoms with van der Waals surface area (Å²) in [6.07, 6.45) is 2.23. The molecule has 0 spiro atoms. The van der Waals surface area contributed by atoms with Crippen LogP contribution in [0.2, 0.25) is 0 Å².